The van der Waals surface area contributed by atoms with Crippen LogP contribution in [0.5, 0.6) is 0 Å². The molecule has 210 valence electrons. The number of nitrogens with zero attached hydrogens (tertiary/aromatic N) is 5. The summed E-state index contributed by atoms with van der Waals surface area (Å²) in [6.45, 7) is 13.2. The number of rotatable bonds is 12. The van der Waals surface area contributed by atoms with Gasteiger partial charge >= 0.3 is 18.0 Å². The number of ether oxygens (including phenoxy) is 2. The maximum absolute atomic E-state index is 12.1. The van der Waals surface area contributed by atoms with Gasteiger partial charge in [-0.3, -0.25) is 4.79 Å². The van der Waals surface area contributed by atoms with Gasteiger partial charge in [0.25, 0.3) is 0 Å². The number of benzene rings is 1. The van der Waals surface area contributed by atoms with Crippen molar-refractivity contribution < 1.29 is 23.6 Å². The molecule has 1 aromatic carbocycles. The van der Waals surface area contributed by atoms with Crippen molar-refractivity contribution in [2.24, 2.45) is 24.3 Å². The van der Waals surface area contributed by atoms with Crippen LogP contribution < -0.4 is 14.8 Å². The Morgan fingerprint density at radius 1 is 0.947 bits per heavy atom. The van der Waals surface area contributed by atoms with Gasteiger partial charge in [0.05, 0.1) is 26.5 Å². The van der Waals surface area contributed by atoms with E-state index in [1.807, 2.05) is 101 Å². The molecule has 0 saturated heterocycles. The Morgan fingerprint density at radius 3 is 2.16 bits per heavy atom. The van der Waals surface area contributed by atoms with Gasteiger partial charge in [-0.25, -0.2) is 13.9 Å². The van der Waals surface area contributed by atoms with Gasteiger partial charge in [0.2, 0.25) is 0 Å². The van der Waals surface area contributed by atoms with Crippen LogP contribution in [0.3, 0.4) is 0 Å². The van der Waals surface area contributed by atoms with E-state index in [1.54, 1.807) is 0 Å². The number of alkyl carbamates (subject to hydrolysis) is 1. The lowest BCUT2D eigenvalue weighted by atomic mass is 10.1. The van der Waals surface area contributed by atoms with Crippen molar-refractivity contribution in [2.45, 2.75) is 78.4 Å². The van der Waals surface area contributed by atoms with Gasteiger partial charge in [-0.05, 0) is 85.1 Å². The first-order chi connectivity index (χ1) is 17.7. The number of anilines is 1. The summed E-state index contributed by atoms with van der Waals surface area (Å²) < 4.78 is 14.5. The molecule has 10 nitrogen and oxygen atoms in total. The molecule has 10 heteroatoms. The Hall–Kier alpha value is -3.43. The topological polar surface area (TPSA) is 101 Å². The summed E-state index contributed by atoms with van der Waals surface area (Å²) in [7, 11) is 3.85. The van der Waals surface area contributed by atoms with Gasteiger partial charge in [0.15, 0.2) is 0 Å². The van der Waals surface area contributed by atoms with Crippen molar-refractivity contribution in [3.63, 3.8) is 0 Å². The molecule has 0 aliphatic heterocycles. The maximum atomic E-state index is 12.1. The normalized spacial score (nSPS) is 12.0. The van der Waals surface area contributed by atoms with E-state index in [-0.39, 0.29) is 5.97 Å². The first-order valence-electron chi connectivity index (χ1n) is 13.2. The number of hydrogen-bond donors (Lipinski definition) is 1. The molecule has 0 aliphatic rings. The number of aromatic nitrogens is 2. The largest absolute Gasteiger partial charge is 0.460 e. The zero-order chi connectivity index (χ0) is 28.3. The molecule has 1 amide bonds. The third-order valence-corrected chi connectivity index (χ3v) is 5.37. The predicted octanol–water partition coefficient (Wildman–Crippen LogP) is 5.50. The molecule has 38 heavy (non-hydrogen) atoms. The highest BCUT2D eigenvalue weighted by atomic mass is 16.6. The standard InChI is InChI=1S/C28H44N6O4/c1-27(2,3)37-24(35)12-9-10-18-34(19-11-17-29-26(36)38-28(4,5)6)23-15-13-22(14-16-23)30-31-25-32(7)20-21-33(25)8/h13-16,20-21H,9-12,17-19H2,1-8H3/p+1. The molecule has 0 spiro atoms. The lowest BCUT2D eigenvalue weighted by molar-refractivity contribution is -0.657. The first kappa shape index (κ1) is 30.8. The highest BCUT2D eigenvalue weighted by Gasteiger charge is 2.17. The van der Waals surface area contributed by atoms with Gasteiger partial charge in [0.1, 0.15) is 16.9 Å². The summed E-state index contributed by atoms with van der Waals surface area (Å²) in [6.07, 6.45) is 6.15. The Morgan fingerprint density at radius 2 is 1.58 bits per heavy atom. The van der Waals surface area contributed by atoms with E-state index in [1.165, 1.54) is 0 Å². The van der Waals surface area contributed by atoms with E-state index in [2.05, 4.69) is 20.4 Å². The molecule has 0 unspecified atom stereocenters. The number of nitrogens with one attached hydrogen (secondary N) is 1. The second-order valence-corrected chi connectivity index (χ2v) is 11.3. The number of hydrogen-bond acceptors (Lipinski definition) is 7. The second-order valence-electron chi connectivity index (χ2n) is 11.3. The van der Waals surface area contributed by atoms with E-state index in [9.17, 15) is 9.59 Å². The molecule has 1 N–H and O–H groups in total. The lowest BCUT2D eigenvalue weighted by Crippen LogP contribution is -2.34. The highest BCUT2D eigenvalue weighted by molar-refractivity contribution is 5.69. The van der Waals surface area contributed by atoms with E-state index < -0.39 is 17.3 Å². The summed E-state index contributed by atoms with van der Waals surface area (Å²) in [5, 5.41) is 11.5. The molecule has 0 bridgehead atoms. The summed E-state index contributed by atoms with van der Waals surface area (Å²) in [4.78, 5) is 26.3. The Balaban J connectivity index is 1.98. The molecule has 0 radical (unpaired) electrons. The van der Waals surface area contributed by atoms with Crippen LogP contribution in [0.4, 0.5) is 22.1 Å². The molecular formula is C28H45N6O4+. The summed E-state index contributed by atoms with van der Waals surface area (Å²) >= 11 is 0. The van der Waals surface area contributed by atoms with Gasteiger partial charge in [-0.1, -0.05) is 5.11 Å². The van der Waals surface area contributed by atoms with Crippen LogP contribution in [-0.2, 0) is 28.4 Å². The average Bonchev–Trinajstić information content (AvgIpc) is 3.11. The van der Waals surface area contributed by atoms with Gasteiger partial charge in [-0.2, -0.15) is 0 Å². The van der Waals surface area contributed by atoms with Crippen molar-refractivity contribution in [1.29, 1.82) is 0 Å². The lowest BCUT2D eigenvalue weighted by Gasteiger charge is -2.25. The third-order valence-electron chi connectivity index (χ3n) is 5.37. The van der Waals surface area contributed by atoms with Gasteiger partial charge < -0.3 is 19.7 Å². The number of aryl methyl sites for hydroxylation is 2. The number of imidazole rings is 1. The van der Waals surface area contributed by atoms with Crippen LogP contribution in [0, 0.1) is 0 Å². The second kappa shape index (κ2) is 13.9. The number of unbranched alkanes of at least 4 members (excludes halogenated alkanes) is 1. The summed E-state index contributed by atoms with van der Waals surface area (Å²) in [5.74, 6) is 0.574. The fraction of sp³-hybridized carbons (Fsp3) is 0.607. The fourth-order valence-electron chi connectivity index (χ4n) is 3.66. The molecule has 0 saturated carbocycles. The van der Waals surface area contributed by atoms with Gasteiger partial charge in [0, 0.05) is 36.9 Å². The molecule has 1 aromatic heterocycles. The minimum Gasteiger partial charge on any atom is -0.460 e. The molecule has 0 fully saturated rings. The number of carbonyl (C=O) groups excluding carboxylic acids is 2. The van der Waals surface area contributed by atoms with Crippen molar-refractivity contribution in [2.75, 3.05) is 24.5 Å². The van der Waals surface area contributed by atoms with Crippen LogP contribution in [0.1, 0.15) is 67.2 Å². The quantitative estimate of drug-likeness (QED) is 0.169. The number of azo groups is 1. The van der Waals surface area contributed by atoms with E-state index in [4.69, 9.17) is 9.47 Å². The van der Waals surface area contributed by atoms with Crippen LogP contribution in [0.2, 0.25) is 0 Å². The first-order valence-corrected chi connectivity index (χ1v) is 13.2. The Labute approximate surface area is 227 Å². The molecule has 1 heterocycles. The van der Waals surface area contributed by atoms with Crippen molar-refractivity contribution in [3.8, 4) is 0 Å². The molecule has 0 atom stereocenters. The minimum atomic E-state index is -0.527. The minimum absolute atomic E-state index is 0.174. The van der Waals surface area contributed by atoms with E-state index in [0.717, 1.165) is 49.7 Å². The van der Waals surface area contributed by atoms with Crippen LogP contribution >= 0.6 is 0 Å². The van der Waals surface area contributed by atoms with Crippen molar-refractivity contribution in [3.05, 3.63) is 36.7 Å². The summed E-state index contributed by atoms with van der Waals surface area (Å²) in [6, 6.07) is 7.92. The molecule has 2 rings (SSSR count). The molecular weight excluding hydrogens is 484 g/mol. The molecule has 2 aromatic rings. The van der Waals surface area contributed by atoms with E-state index >= 15 is 0 Å². The van der Waals surface area contributed by atoms with Crippen molar-refractivity contribution in [1.82, 2.24) is 9.88 Å². The molecule has 0 aliphatic carbocycles. The van der Waals surface area contributed by atoms with Crippen LogP contribution in [0.15, 0.2) is 46.9 Å². The smallest absolute Gasteiger partial charge is 0.421 e. The Bertz CT molecular complexity index is 1010. The third kappa shape index (κ3) is 11.7. The van der Waals surface area contributed by atoms with E-state index in [0.29, 0.717) is 13.0 Å². The highest BCUT2D eigenvalue weighted by Crippen LogP contribution is 2.22. The SMILES string of the molecule is Cn1cc[n+](C)c1N=Nc1ccc(N(CCCCC(=O)OC(C)(C)C)CCCNC(=O)OC(C)(C)C)cc1. The van der Waals surface area contributed by atoms with Crippen LogP contribution in [0.25, 0.3) is 0 Å². The monoisotopic (exact) mass is 529 g/mol. The number of amides is 1. The number of carbonyl (C=O) groups is 2. The van der Waals surface area contributed by atoms with Crippen molar-refractivity contribution >= 4 is 29.4 Å². The zero-order valence-electron chi connectivity index (χ0n) is 24.3. The summed E-state index contributed by atoms with van der Waals surface area (Å²) in [5.41, 5.74) is 0.802. The average molecular weight is 530 g/mol. The van der Waals surface area contributed by atoms with Crippen LogP contribution in [-0.4, -0.2) is 47.5 Å². The zero-order valence-corrected chi connectivity index (χ0v) is 24.3. The number of esters is 1. The maximum Gasteiger partial charge on any atom is 0.421 e. The fourth-order valence-corrected chi connectivity index (χ4v) is 3.66. The van der Waals surface area contributed by atoms with Gasteiger partial charge in [-0.15, -0.1) is 0 Å². The predicted molar refractivity (Wildman–Crippen MR) is 148 cm³/mol. The Kier molecular flexibility index (Phi) is 11.3.